The number of hydrogen-bond acceptors (Lipinski definition) is 5. The van der Waals surface area contributed by atoms with Crippen molar-refractivity contribution in [3.05, 3.63) is 72.0 Å². The third-order valence-electron chi connectivity index (χ3n) is 2.96. The smallest absolute Gasteiger partial charge is 0.348 e. The van der Waals surface area contributed by atoms with E-state index >= 15 is 0 Å². The summed E-state index contributed by atoms with van der Waals surface area (Å²) in [5, 5.41) is 18.3. The summed E-state index contributed by atoms with van der Waals surface area (Å²) in [6, 6.07) is 13.5. The van der Waals surface area contributed by atoms with E-state index < -0.39 is 5.97 Å². The fourth-order valence-corrected chi connectivity index (χ4v) is 1.94. The van der Waals surface area contributed by atoms with Crippen LogP contribution in [0.5, 0.6) is 0 Å². The van der Waals surface area contributed by atoms with E-state index in [-0.39, 0.29) is 17.8 Å². The second-order valence-electron chi connectivity index (χ2n) is 4.79. The van der Waals surface area contributed by atoms with Crippen LogP contribution in [0.3, 0.4) is 0 Å². The van der Waals surface area contributed by atoms with E-state index in [9.17, 15) is 10.1 Å². The van der Waals surface area contributed by atoms with Crippen molar-refractivity contribution in [3.8, 4) is 12.1 Å². The van der Waals surface area contributed by atoms with E-state index in [0.29, 0.717) is 13.1 Å². The van der Waals surface area contributed by atoms with Crippen LogP contribution in [0.15, 0.2) is 66.4 Å². The summed E-state index contributed by atoms with van der Waals surface area (Å²) < 4.78 is 4.79. The quantitative estimate of drug-likeness (QED) is 0.242. The maximum absolute atomic E-state index is 11.6. The van der Waals surface area contributed by atoms with Crippen molar-refractivity contribution >= 4 is 5.97 Å². The van der Waals surface area contributed by atoms with Gasteiger partial charge in [0.2, 0.25) is 0 Å². The lowest BCUT2D eigenvalue weighted by molar-refractivity contribution is -0.138. The van der Waals surface area contributed by atoms with Crippen molar-refractivity contribution in [1.29, 1.82) is 10.5 Å². The van der Waals surface area contributed by atoms with E-state index in [4.69, 9.17) is 10.00 Å². The molecule has 0 aliphatic heterocycles. The molecule has 0 saturated heterocycles. The van der Waals surface area contributed by atoms with Crippen LogP contribution in [-0.4, -0.2) is 24.0 Å². The Kier molecular flexibility index (Phi) is 8.14. The predicted octanol–water partition coefficient (Wildman–Crippen LogP) is 3.10. The molecule has 1 rings (SSSR count). The molecule has 0 unspecified atom stereocenters. The molecule has 0 heterocycles. The molecule has 24 heavy (non-hydrogen) atoms. The molecule has 0 aliphatic rings. The lowest BCUT2D eigenvalue weighted by Gasteiger charge is -2.19. The molecule has 5 nitrogen and oxygen atoms in total. The van der Waals surface area contributed by atoms with Crippen LogP contribution in [0, 0.1) is 22.7 Å². The van der Waals surface area contributed by atoms with Gasteiger partial charge in [-0.3, -0.25) is 0 Å². The number of carbonyl (C=O) groups excluding carboxylic acids is 1. The van der Waals surface area contributed by atoms with Crippen molar-refractivity contribution in [2.24, 2.45) is 0 Å². The zero-order valence-electron chi connectivity index (χ0n) is 13.6. The Bertz CT molecular complexity index is 706. The molecule has 0 N–H and O–H groups in total. The summed E-state index contributed by atoms with van der Waals surface area (Å²) in [7, 11) is 0. The van der Waals surface area contributed by atoms with Crippen molar-refractivity contribution in [1.82, 2.24) is 4.90 Å². The topological polar surface area (TPSA) is 77.1 Å². The number of hydrogen-bond donors (Lipinski definition) is 0. The second-order valence-corrected chi connectivity index (χ2v) is 4.79. The van der Waals surface area contributed by atoms with Crippen molar-refractivity contribution in [2.75, 3.05) is 13.2 Å². The van der Waals surface area contributed by atoms with Gasteiger partial charge in [0, 0.05) is 19.3 Å². The maximum atomic E-state index is 11.6. The van der Waals surface area contributed by atoms with Crippen molar-refractivity contribution in [3.63, 3.8) is 0 Å². The van der Waals surface area contributed by atoms with Gasteiger partial charge in [-0.1, -0.05) is 36.4 Å². The molecule has 0 amide bonds. The Morgan fingerprint density at radius 3 is 2.54 bits per heavy atom. The van der Waals surface area contributed by atoms with E-state index in [1.165, 1.54) is 6.08 Å². The average molecular weight is 321 g/mol. The van der Waals surface area contributed by atoms with Gasteiger partial charge < -0.3 is 9.64 Å². The molecule has 5 heteroatoms. The number of nitrogens with zero attached hydrogens (tertiary/aromatic N) is 3. The summed E-state index contributed by atoms with van der Waals surface area (Å²) in [5.74, 6) is -0.737. The van der Waals surface area contributed by atoms with Gasteiger partial charge in [-0.2, -0.15) is 10.5 Å². The molecule has 1 aromatic rings. The minimum Gasteiger partial charge on any atom is -0.462 e. The number of allylic oxidation sites excluding steroid dienone is 2. The number of carbonyl (C=O) groups is 1. The third-order valence-corrected chi connectivity index (χ3v) is 2.96. The van der Waals surface area contributed by atoms with Crippen LogP contribution < -0.4 is 0 Å². The highest BCUT2D eigenvalue weighted by Gasteiger charge is 2.11. The number of nitriles is 2. The first kappa shape index (κ1) is 18.7. The highest BCUT2D eigenvalue weighted by atomic mass is 16.5. The van der Waals surface area contributed by atoms with E-state index in [2.05, 4.69) is 6.58 Å². The molecule has 1 aromatic carbocycles. The third kappa shape index (κ3) is 6.21. The number of esters is 1. The van der Waals surface area contributed by atoms with Gasteiger partial charge in [0.25, 0.3) is 0 Å². The molecular formula is C19H19N3O2. The number of ether oxygens (including phenoxy) is 1. The molecule has 0 aliphatic carbocycles. The molecular weight excluding hydrogens is 302 g/mol. The summed E-state index contributed by atoms with van der Waals surface area (Å²) in [4.78, 5) is 13.5. The summed E-state index contributed by atoms with van der Waals surface area (Å²) >= 11 is 0. The zero-order valence-corrected chi connectivity index (χ0v) is 13.6. The zero-order chi connectivity index (χ0) is 17.8. The van der Waals surface area contributed by atoms with E-state index in [1.54, 1.807) is 25.3 Å². The van der Waals surface area contributed by atoms with Gasteiger partial charge in [-0.05, 0) is 18.6 Å². The molecule has 0 spiro atoms. The van der Waals surface area contributed by atoms with Crippen molar-refractivity contribution in [2.45, 2.75) is 13.5 Å². The van der Waals surface area contributed by atoms with Gasteiger partial charge in [0.15, 0.2) is 0 Å². The fourth-order valence-electron chi connectivity index (χ4n) is 1.94. The van der Waals surface area contributed by atoms with E-state index in [1.807, 2.05) is 41.3 Å². The first-order valence-corrected chi connectivity index (χ1v) is 7.44. The normalized spacial score (nSPS) is 11.1. The van der Waals surface area contributed by atoms with Gasteiger partial charge in [0.05, 0.1) is 12.2 Å². The van der Waals surface area contributed by atoms with E-state index in [0.717, 1.165) is 5.56 Å². The minimum atomic E-state index is -0.737. The Morgan fingerprint density at radius 1 is 1.29 bits per heavy atom. The Labute approximate surface area is 142 Å². The Balaban J connectivity index is 3.04. The minimum absolute atomic E-state index is 0.167. The molecule has 0 aromatic heterocycles. The van der Waals surface area contributed by atoms with Crippen LogP contribution in [-0.2, 0) is 16.1 Å². The molecule has 0 atom stereocenters. The van der Waals surface area contributed by atoms with Gasteiger partial charge in [-0.15, -0.1) is 6.58 Å². The summed E-state index contributed by atoms with van der Waals surface area (Å²) in [6.07, 6.45) is 4.55. The standard InChI is InChI=1S/C19H19N3O2/c1-3-10-22(14-16-8-6-5-7-9-16)15-17(12-20)11-18(13-21)19(23)24-4-2/h3,5-9,11,15H,1,4,10,14H2,2H3/b17-15-,18-11+. The predicted molar refractivity (Wildman–Crippen MR) is 91.1 cm³/mol. The van der Waals surface area contributed by atoms with Crippen molar-refractivity contribution < 1.29 is 9.53 Å². The molecule has 0 fully saturated rings. The van der Waals surface area contributed by atoms with Crippen LogP contribution >= 0.6 is 0 Å². The first-order valence-electron chi connectivity index (χ1n) is 7.44. The highest BCUT2D eigenvalue weighted by molar-refractivity contribution is 5.93. The highest BCUT2D eigenvalue weighted by Crippen LogP contribution is 2.10. The Morgan fingerprint density at radius 2 is 2.00 bits per heavy atom. The molecule has 0 bridgehead atoms. The maximum Gasteiger partial charge on any atom is 0.348 e. The largest absolute Gasteiger partial charge is 0.462 e. The van der Waals surface area contributed by atoms with Crippen LogP contribution in [0.1, 0.15) is 12.5 Å². The molecule has 122 valence electrons. The lowest BCUT2D eigenvalue weighted by Crippen LogP contribution is -2.17. The number of benzene rings is 1. The molecule has 0 radical (unpaired) electrons. The second kappa shape index (κ2) is 10.4. The molecule has 0 saturated carbocycles. The van der Waals surface area contributed by atoms with Gasteiger partial charge in [-0.25, -0.2) is 4.79 Å². The SMILES string of the molecule is C=CCN(/C=C(C#N)/C=C(\C#N)C(=O)OCC)Cc1ccccc1. The first-order chi connectivity index (χ1) is 11.6. The summed E-state index contributed by atoms with van der Waals surface area (Å²) in [6.45, 7) is 6.63. The van der Waals surface area contributed by atoms with Crippen LogP contribution in [0.2, 0.25) is 0 Å². The summed E-state index contributed by atoms with van der Waals surface area (Å²) in [5.41, 5.74) is 1.06. The van der Waals surface area contributed by atoms with Crippen LogP contribution in [0.25, 0.3) is 0 Å². The number of rotatable bonds is 8. The average Bonchev–Trinajstić information content (AvgIpc) is 2.59. The van der Waals surface area contributed by atoms with Crippen LogP contribution in [0.4, 0.5) is 0 Å². The monoisotopic (exact) mass is 321 g/mol. The van der Waals surface area contributed by atoms with Gasteiger partial charge in [0.1, 0.15) is 17.7 Å². The fraction of sp³-hybridized carbons (Fsp3) is 0.211. The lowest BCUT2D eigenvalue weighted by atomic mass is 10.1. The Hall–Kier alpha value is -3.31. The van der Waals surface area contributed by atoms with Gasteiger partial charge >= 0.3 is 5.97 Å².